The van der Waals surface area contributed by atoms with E-state index in [1.54, 1.807) is 7.05 Å². The first-order valence-electron chi connectivity index (χ1n) is 4.10. The van der Waals surface area contributed by atoms with Crippen LogP contribution in [0.1, 0.15) is 10.4 Å². The Labute approximate surface area is 87.9 Å². The van der Waals surface area contributed by atoms with E-state index >= 15 is 0 Å². The van der Waals surface area contributed by atoms with Crippen molar-refractivity contribution in [1.29, 1.82) is 0 Å². The molecule has 3 nitrogen and oxygen atoms in total. The van der Waals surface area contributed by atoms with Gasteiger partial charge in [-0.15, -0.1) is 12.4 Å². The largest absolute Gasteiger partial charge is 0.361 e. The third-order valence-electron chi connectivity index (χ3n) is 2.04. The van der Waals surface area contributed by atoms with E-state index in [0.717, 1.165) is 10.9 Å². The summed E-state index contributed by atoms with van der Waals surface area (Å²) in [6.07, 6.45) is 1.86. The molecule has 0 saturated carbocycles. The molecule has 0 aliphatic carbocycles. The Kier molecular flexibility index (Phi) is 3.14. The second kappa shape index (κ2) is 4.15. The number of benzene rings is 1. The zero-order valence-corrected chi connectivity index (χ0v) is 8.52. The number of nitrogens with one attached hydrogen (secondary N) is 2. The summed E-state index contributed by atoms with van der Waals surface area (Å²) in [7, 11) is 1.63. The molecule has 0 radical (unpaired) electrons. The average Bonchev–Trinajstić information content (AvgIpc) is 2.63. The Morgan fingerprint density at radius 2 is 2.14 bits per heavy atom. The van der Waals surface area contributed by atoms with Gasteiger partial charge in [0.15, 0.2) is 0 Å². The van der Waals surface area contributed by atoms with Crippen LogP contribution in [-0.4, -0.2) is 17.9 Å². The predicted molar refractivity (Wildman–Crippen MR) is 58.9 cm³/mol. The van der Waals surface area contributed by atoms with Gasteiger partial charge in [-0.05, 0) is 23.6 Å². The van der Waals surface area contributed by atoms with E-state index in [1.807, 2.05) is 30.5 Å². The molecule has 0 unspecified atom stereocenters. The molecule has 2 rings (SSSR count). The fourth-order valence-electron chi connectivity index (χ4n) is 1.33. The number of fused-ring (bicyclic) bond motifs is 1. The normalized spacial score (nSPS) is 9.50. The minimum Gasteiger partial charge on any atom is -0.361 e. The summed E-state index contributed by atoms with van der Waals surface area (Å²) in [5, 5.41) is 3.70. The van der Waals surface area contributed by atoms with Crippen LogP contribution in [0, 0.1) is 0 Å². The van der Waals surface area contributed by atoms with E-state index < -0.39 is 0 Å². The number of carbonyl (C=O) groups excluding carboxylic acids is 1. The Morgan fingerprint density at radius 3 is 2.86 bits per heavy atom. The Morgan fingerprint density at radius 1 is 1.36 bits per heavy atom. The van der Waals surface area contributed by atoms with Crippen LogP contribution in [0.3, 0.4) is 0 Å². The van der Waals surface area contributed by atoms with Crippen LogP contribution in [-0.2, 0) is 0 Å². The highest BCUT2D eigenvalue weighted by Gasteiger charge is 2.03. The minimum atomic E-state index is -0.0588. The summed E-state index contributed by atoms with van der Waals surface area (Å²) in [6, 6.07) is 7.56. The van der Waals surface area contributed by atoms with Crippen molar-refractivity contribution in [3.63, 3.8) is 0 Å². The SMILES string of the molecule is CNC(=O)c1ccc2cc[nH]c2c1.Cl. The van der Waals surface area contributed by atoms with Crippen molar-refractivity contribution < 1.29 is 4.79 Å². The van der Waals surface area contributed by atoms with Crippen molar-refractivity contribution in [2.75, 3.05) is 7.05 Å². The number of halogens is 1. The lowest BCUT2D eigenvalue weighted by atomic mass is 10.1. The molecule has 0 bridgehead atoms. The molecule has 1 heterocycles. The zero-order valence-electron chi connectivity index (χ0n) is 7.70. The number of hydrogen-bond donors (Lipinski definition) is 2. The van der Waals surface area contributed by atoms with E-state index in [-0.39, 0.29) is 18.3 Å². The summed E-state index contributed by atoms with van der Waals surface area (Å²) in [4.78, 5) is 14.3. The highest BCUT2D eigenvalue weighted by atomic mass is 35.5. The number of carbonyl (C=O) groups is 1. The zero-order chi connectivity index (χ0) is 9.26. The highest BCUT2D eigenvalue weighted by Crippen LogP contribution is 2.13. The maximum Gasteiger partial charge on any atom is 0.251 e. The number of hydrogen-bond acceptors (Lipinski definition) is 1. The van der Waals surface area contributed by atoms with Gasteiger partial charge in [0.2, 0.25) is 0 Å². The van der Waals surface area contributed by atoms with Crippen molar-refractivity contribution in [3.8, 4) is 0 Å². The van der Waals surface area contributed by atoms with Crippen LogP contribution in [0.15, 0.2) is 30.5 Å². The van der Waals surface area contributed by atoms with Gasteiger partial charge in [0.05, 0.1) is 0 Å². The summed E-state index contributed by atoms with van der Waals surface area (Å²) >= 11 is 0. The molecular formula is C10H11ClN2O. The number of rotatable bonds is 1. The molecule has 14 heavy (non-hydrogen) atoms. The number of H-pyrrole nitrogens is 1. The average molecular weight is 211 g/mol. The molecule has 0 spiro atoms. The first-order chi connectivity index (χ1) is 6.31. The number of aromatic amines is 1. The van der Waals surface area contributed by atoms with E-state index in [1.165, 1.54) is 0 Å². The molecule has 0 saturated heterocycles. The van der Waals surface area contributed by atoms with Gasteiger partial charge in [0, 0.05) is 24.3 Å². The quantitative estimate of drug-likeness (QED) is 0.743. The maximum atomic E-state index is 11.3. The standard InChI is InChI=1S/C10H10N2O.ClH/c1-11-10(13)8-3-2-7-4-5-12-9(7)6-8;/h2-6,12H,1H3,(H,11,13);1H. The van der Waals surface area contributed by atoms with Crippen LogP contribution in [0.5, 0.6) is 0 Å². The molecule has 0 atom stereocenters. The van der Waals surface area contributed by atoms with Gasteiger partial charge < -0.3 is 10.3 Å². The van der Waals surface area contributed by atoms with E-state index in [2.05, 4.69) is 10.3 Å². The second-order valence-electron chi connectivity index (χ2n) is 2.86. The van der Waals surface area contributed by atoms with Crippen molar-refractivity contribution in [3.05, 3.63) is 36.0 Å². The molecule has 1 amide bonds. The Bertz CT molecular complexity index is 450. The molecule has 2 aromatic rings. The third kappa shape index (κ3) is 1.72. The summed E-state index contributed by atoms with van der Waals surface area (Å²) in [6.45, 7) is 0. The van der Waals surface area contributed by atoms with Crippen LogP contribution in [0.4, 0.5) is 0 Å². The molecule has 74 valence electrons. The molecule has 0 aliphatic rings. The van der Waals surface area contributed by atoms with Crippen molar-refractivity contribution >= 4 is 29.2 Å². The lowest BCUT2D eigenvalue weighted by Gasteiger charge is -1.98. The van der Waals surface area contributed by atoms with Crippen LogP contribution < -0.4 is 5.32 Å². The molecule has 1 aromatic heterocycles. The van der Waals surface area contributed by atoms with E-state index in [9.17, 15) is 4.79 Å². The van der Waals surface area contributed by atoms with Crippen LogP contribution in [0.2, 0.25) is 0 Å². The van der Waals surface area contributed by atoms with E-state index in [4.69, 9.17) is 0 Å². The van der Waals surface area contributed by atoms with Crippen LogP contribution in [0.25, 0.3) is 10.9 Å². The van der Waals surface area contributed by atoms with Gasteiger partial charge in [-0.2, -0.15) is 0 Å². The molecule has 2 N–H and O–H groups in total. The molecular weight excluding hydrogens is 200 g/mol. The lowest BCUT2D eigenvalue weighted by Crippen LogP contribution is -2.17. The fourth-order valence-corrected chi connectivity index (χ4v) is 1.33. The van der Waals surface area contributed by atoms with Gasteiger partial charge in [0.1, 0.15) is 0 Å². The van der Waals surface area contributed by atoms with Gasteiger partial charge in [-0.25, -0.2) is 0 Å². The predicted octanol–water partition coefficient (Wildman–Crippen LogP) is 1.95. The monoisotopic (exact) mass is 210 g/mol. The smallest absolute Gasteiger partial charge is 0.251 e. The molecule has 4 heteroatoms. The fraction of sp³-hybridized carbons (Fsp3) is 0.100. The van der Waals surface area contributed by atoms with Gasteiger partial charge in [-0.3, -0.25) is 4.79 Å². The van der Waals surface area contributed by atoms with Crippen molar-refractivity contribution in [1.82, 2.24) is 10.3 Å². The van der Waals surface area contributed by atoms with Crippen molar-refractivity contribution in [2.45, 2.75) is 0 Å². The lowest BCUT2D eigenvalue weighted by molar-refractivity contribution is 0.0963. The van der Waals surface area contributed by atoms with Crippen molar-refractivity contribution in [2.24, 2.45) is 0 Å². The van der Waals surface area contributed by atoms with Gasteiger partial charge in [-0.1, -0.05) is 6.07 Å². The van der Waals surface area contributed by atoms with Gasteiger partial charge in [0.25, 0.3) is 5.91 Å². The summed E-state index contributed by atoms with van der Waals surface area (Å²) in [5.41, 5.74) is 1.67. The van der Waals surface area contributed by atoms with E-state index in [0.29, 0.717) is 5.56 Å². The Hall–Kier alpha value is -1.48. The third-order valence-corrected chi connectivity index (χ3v) is 2.04. The highest BCUT2D eigenvalue weighted by molar-refractivity contribution is 5.97. The summed E-state index contributed by atoms with van der Waals surface area (Å²) < 4.78 is 0. The molecule has 1 aromatic carbocycles. The summed E-state index contributed by atoms with van der Waals surface area (Å²) in [5.74, 6) is -0.0588. The molecule has 0 aliphatic heterocycles. The number of aromatic nitrogens is 1. The number of amides is 1. The first kappa shape index (κ1) is 10.6. The molecule has 0 fully saturated rings. The topological polar surface area (TPSA) is 44.9 Å². The Balaban J connectivity index is 0.000000980. The first-order valence-corrected chi connectivity index (χ1v) is 4.10. The van der Waals surface area contributed by atoms with Gasteiger partial charge >= 0.3 is 0 Å². The van der Waals surface area contributed by atoms with Crippen LogP contribution >= 0.6 is 12.4 Å². The minimum absolute atomic E-state index is 0. The maximum absolute atomic E-state index is 11.3. The second-order valence-corrected chi connectivity index (χ2v) is 2.86.